The summed E-state index contributed by atoms with van der Waals surface area (Å²) < 4.78 is 45.0. The molecule has 7 nitrogen and oxygen atoms in total. The second kappa shape index (κ2) is 8.14. The van der Waals surface area contributed by atoms with Gasteiger partial charge in [0.1, 0.15) is 19.3 Å². The third-order valence-electron chi connectivity index (χ3n) is 4.81. The first-order valence-corrected chi connectivity index (χ1v) is 11.1. The van der Waals surface area contributed by atoms with Crippen LogP contribution in [0.15, 0.2) is 41.4 Å². The summed E-state index contributed by atoms with van der Waals surface area (Å²) in [7, 11) is -3.63. The zero-order chi connectivity index (χ0) is 19.6. The quantitative estimate of drug-likeness (QED) is 0.793. The Kier molecular flexibility index (Phi) is 5.61. The summed E-state index contributed by atoms with van der Waals surface area (Å²) in [5.74, 6) is 1.56. The molecular formula is C19H21ClN2O5S. The lowest BCUT2D eigenvalue weighted by molar-refractivity contribution is 0.138. The Hall–Kier alpha value is -2.03. The van der Waals surface area contributed by atoms with Crippen molar-refractivity contribution in [2.45, 2.75) is 42.7 Å². The summed E-state index contributed by atoms with van der Waals surface area (Å²) in [6.07, 6.45) is 4.45. The Bertz CT molecular complexity index is 928. The summed E-state index contributed by atoms with van der Waals surface area (Å²) in [5, 5.41) is 0.560. The van der Waals surface area contributed by atoms with E-state index in [4.69, 9.17) is 25.8 Å². The van der Waals surface area contributed by atoms with E-state index in [-0.39, 0.29) is 17.0 Å². The second-order valence-corrected chi connectivity index (χ2v) is 8.98. The molecule has 2 aromatic rings. The molecule has 1 fully saturated rings. The normalized spacial score (nSPS) is 21.9. The van der Waals surface area contributed by atoms with E-state index in [1.807, 2.05) is 0 Å². The van der Waals surface area contributed by atoms with Gasteiger partial charge in [0, 0.05) is 24.4 Å². The predicted octanol–water partition coefficient (Wildman–Crippen LogP) is 3.17. The van der Waals surface area contributed by atoms with Crippen molar-refractivity contribution in [3.8, 4) is 17.4 Å². The highest BCUT2D eigenvalue weighted by atomic mass is 35.5. The fourth-order valence-corrected chi connectivity index (χ4v) is 4.81. The standard InChI is InChI=1S/C19H21ClN2O5S/c20-13-1-8-19(21-12-13)27-15-4-2-14(3-5-15)22-28(23,24)16-6-7-17-18(11-16)26-10-9-25-17/h1,6-8,11-12,14-15,22H,2-5,9-10H2. The molecule has 0 atom stereocenters. The van der Waals surface area contributed by atoms with Crippen molar-refractivity contribution >= 4 is 21.6 Å². The van der Waals surface area contributed by atoms with Gasteiger partial charge < -0.3 is 14.2 Å². The number of pyridine rings is 1. The molecule has 28 heavy (non-hydrogen) atoms. The van der Waals surface area contributed by atoms with Crippen LogP contribution in [0.2, 0.25) is 5.02 Å². The molecule has 1 aromatic heterocycles. The lowest BCUT2D eigenvalue weighted by Gasteiger charge is -2.29. The van der Waals surface area contributed by atoms with E-state index in [1.54, 1.807) is 24.4 Å². The Labute approximate surface area is 169 Å². The van der Waals surface area contributed by atoms with Gasteiger partial charge in [0.25, 0.3) is 0 Å². The van der Waals surface area contributed by atoms with E-state index in [0.29, 0.717) is 48.5 Å². The number of aromatic nitrogens is 1. The molecule has 1 N–H and O–H groups in total. The van der Waals surface area contributed by atoms with Crippen molar-refractivity contribution in [2.75, 3.05) is 13.2 Å². The number of sulfonamides is 1. The molecule has 0 unspecified atom stereocenters. The fraction of sp³-hybridized carbons (Fsp3) is 0.421. The summed E-state index contributed by atoms with van der Waals surface area (Å²) in [6.45, 7) is 0.880. The minimum absolute atomic E-state index is 0.0173. The van der Waals surface area contributed by atoms with Crippen LogP contribution in [0.1, 0.15) is 25.7 Å². The van der Waals surface area contributed by atoms with Crippen molar-refractivity contribution < 1.29 is 22.6 Å². The van der Waals surface area contributed by atoms with Crippen LogP contribution in [0.3, 0.4) is 0 Å². The van der Waals surface area contributed by atoms with Crippen LogP contribution in [-0.4, -0.2) is 38.8 Å². The SMILES string of the molecule is O=S(=O)(NC1CCC(Oc2ccc(Cl)cn2)CC1)c1ccc2c(c1)OCCO2. The highest BCUT2D eigenvalue weighted by molar-refractivity contribution is 7.89. The first-order valence-electron chi connectivity index (χ1n) is 9.20. The van der Waals surface area contributed by atoms with Gasteiger partial charge in [0.15, 0.2) is 11.5 Å². The second-order valence-electron chi connectivity index (χ2n) is 6.83. The molecule has 1 aliphatic heterocycles. The third kappa shape index (κ3) is 4.51. The topological polar surface area (TPSA) is 86.8 Å². The molecule has 1 aromatic carbocycles. The number of hydrogen-bond donors (Lipinski definition) is 1. The molecule has 9 heteroatoms. The van der Waals surface area contributed by atoms with Gasteiger partial charge in [-0.2, -0.15) is 0 Å². The van der Waals surface area contributed by atoms with Gasteiger partial charge in [-0.3, -0.25) is 0 Å². The molecule has 0 radical (unpaired) electrons. The van der Waals surface area contributed by atoms with Crippen LogP contribution in [-0.2, 0) is 10.0 Å². The number of fused-ring (bicyclic) bond motifs is 1. The number of halogens is 1. The van der Waals surface area contributed by atoms with Gasteiger partial charge in [-0.25, -0.2) is 18.1 Å². The van der Waals surface area contributed by atoms with Crippen molar-refractivity contribution in [3.63, 3.8) is 0 Å². The Morgan fingerprint density at radius 2 is 1.79 bits per heavy atom. The number of nitrogens with one attached hydrogen (secondary N) is 1. The van der Waals surface area contributed by atoms with Crippen LogP contribution in [0.25, 0.3) is 0 Å². The fourth-order valence-electron chi connectivity index (χ4n) is 3.38. The molecule has 1 aliphatic carbocycles. The first-order chi connectivity index (χ1) is 13.5. The lowest BCUT2D eigenvalue weighted by Crippen LogP contribution is -2.39. The van der Waals surface area contributed by atoms with Crippen LogP contribution in [0.5, 0.6) is 17.4 Å². The average molecular weight is 425 g/mol. The van der Waals surface area contributed by atoms with Crippen molar-refractivity contribution in [1.82, 2.24) is 9.71 Å². The van der Waals surface area contributed by atoms with Crippen molar-refractivity contribution in [3.05, 3.63) is 41.6 Å². The van der Waals surface area contributed by atoms with E-state index >= 15 is 0 Å². The summed E-state index contributed by atoms with van der Waals surface area (Å²) in [6, 6.07) is 8.02. The van der Waals surface area contributed by atoms with Crippen LogP contribution in [0.4, 0.5) is 0 Å². The molecule has 4 rings (SSSR count). The van der Waals surface area contributed by atoms with Gasteiger partial charge in [0.2, 0.25) is 15.9 Å². The van der Waals surface area contributed by atoms with Gasteiger partial charge in [-0.1, -0.05) is 11.6 Å². The zero-order valence-electron chi connectivity index (χ0n) is 15.1. The van der Waals surface area contributed by atoms with Crippen LogP contribution in [0, 0.1) is 0 Å². The van der Waals surface area contributed by atoms with Crippen molar-refractivity contribution in [1.29, 1.82) is 0 Å². The highest BCUT2D eigenvalue weighted by Crippen LogP contribution is 2.32. The maximum Gasteiger partial charge on any atom is 0.240 e. The summed E-state index contributed by atoms with van der Waals surface area (Å²) in [5.41, 5.74) is 0. The molecular weight excluding hydrogens is 404 g/mol. The van der Waals surface area contributed by atoms with Crippen LogP contribution >= 0.6 is 11.6 Å². The molecule has 2 heterocycles. The summed E-state index contributed by atoms with van der Waals surface area (Å²) >= 11 is 5.83. The molecule has 1 saturated carbocycles. The van der Waals surface area contributed by atoms with E-state index in [9.17, 15) is 8.42 Å². The zero-order valence-corrected chi connectivity index (χ0v) is 16.7. The summed E-state index contributed by atoms with van der Waals surface area (Å²) in [4.78, 5) is 4.32. The Morgan fingerprint density at radius 3 is 2.50 bits per heavy atom. The van der Waals surface area contributed by atoms with Gasteiger partial charge in [-0.05, 0) is 43.9 Å². The predicted molar refractivity (Wildman–Crippen MR) is 104 cm³/mol. The van der Waals surface area contributed by atoms with E-state index in [1.165, 1.54) is 12.1 Å². The van der Waals surface area contributed by atoms with E-state index in [0.717, 1.165) is 12.8 Å². The molecule has 0 bridgehead atoms. The number of benzene rings is 1. The van der Waals surface area contributed by atoms with Crippen LogP contribution < -0.4 is 18.9 Å². The molecule has 0 spiro atoms. The smallest absolute Gasteiger partial charge is 0.240 e. The average Bonchev–Trinajstić information content (AvgIpc) is 2.70. The minimum Gasteiger partial charge on any atom is -0.486 e. The molecule has 0 amide bonds. The van der Waals surface area contributed by atoms with Crippen molar-refractivity contribution in [2.24, 2.45) is 0 Å². The Balaban J connectivity index is 1.34. The number of ether oxygens (including phenoxy) is 3. The largest absolute Gasteiger partial charge is 0.486 e. The number of rotatable bonds is 5. The van der Waals surface area contributed by atoms with Gasteiger partial charge >= 0.3 is 0 Å². The van der Waals surface area contributed by atoms with Gasteiger partial charge in [0.05, 0.1) is 9.92 Å². The Morgan fingerprint density at radius 1 is 1.04 bits per heavy atom. The molecule has 0 saturated heterocycles. The number of hydrogen-bond acceptors (Lipinski definition) is 6. The lowest BCUT2D eigenvalue weighted by atomic mass is 9.94. The highest BCUT2D eigenvalue weighted by Gasteiger charge is 2.27. The minimum atomic E-state index is -3.63. The number of nitrogens with zero attached hydrogens (tertiary/aromatic N) is 1. The molecule has 150 valence electrons. The van der Waals surface area contributed by atoms with Gasteiger partial charge in [-0.15, -0.1) is 0 Å². The maximum absolute atomic E-state index is 12.7. The maximum atomic E-state index is 12.7. The first kappa shape index (κ1) is 19.3. The monoisotopic (exact) mass is 424 g/mol. The molecule has 2 aliphatic rings. The van der Waals surface area contributed by atoms with E-state index < -0.39 is 10.0 Å². The van der Waals surface area contributed by atoms with E-state index in [2.05, 4.69) is 9.71 Å². The third-order valence-corrected chi connectivity index (χ3v) is 6.55.